The third-order valence-electron chi connectivity index (χ3n) is 11.9. The summed E-state index contributed by atoms with van der Waals surface area (Å²) in [6, 6.07) is 0. The maximum Gasteiger partial charge on any atom is 0.306 e. The van der Waals surface area contributed by atoms with Crippen LogP contribution >= 0.6 is 0 Å². The van der Waals surface area contributed by atoms with Crippen LogP contribution in [0.25, 0.3) is 0 Å². The number of aliphatic hydroxyl groups is 1. The van der Waals surface area contributed by atoms with Gasteiger partial charge >= 0.3 is 11.9 Å². The zero-order chi connectivity index (χ0) is 54.8. The van der Waals surface area contributed by atoms with Gasteiger partial charge in [0.25, 0.3) is 0 Å². The van der Waals surface area contributed by atoms with Crippen LogP contribution in [0.1, 0.15) is 219 Å². The van der Waals surface area contributed by atoms with Crippen molar-refractivity contribution < 1.29 is 24.2 Å². The van der Waals surface area contributed by atoms with Crippen molar-refractivity contribution in [3.8, 4) is 0 Å². The fourth-order valence-electron chi connectivity index (χ4n) is 7.47. The Balaban J connectivity index is 3.68. The van der Waals surface area contributed by atoms with E-state index in [1.54, 1.807) is 0 Å². The molecule has 1 unspecified atom stereocenters. The van der Waals surface area contributed by atoms with Crippen LogP contribution in [0.3, 0.4) is 0 Å². The van der Waals surface area contributed by atoms with Crippen LogP contribution in [0.2, 0.25) is 0 Å². The molecule has 1 N–H and O–H groups in total. The number of aliphatic hydroxyl groups excluding tert-OH is 1. The quantitative estimate of drug-likeness (QED) is 0.0373. The fourth-order valence-corrected chi connectivity index (χ4v) is 7.47. The molecule has 0 aromatic heterocycles. The van der Waals surface area contributed by atoms with E-state index in [2.05, 4.69) is 208 Å². The minimum absolute atomic E-state index is 0.0933. The molecule has 5 heteroatoms. The number of allylic oxidation sites excluding steroid dienone is 32. The Morgan fingerprint density at radius 3 is 0.789 bits per heavy atom. The Bertz CT molecular complexity index is 1800. The second kappa shape index (κ2) is 64.0. The largest absolute Gasteiger partial charge is 0.462 e. The zero-order valence-electron chi connectivity index (χ0n) is 48.2. The first kappa shape index (κ1) is 70.7. The molecule has 0 aromatic carbocycles. The highest BCUT2D eigenvalue weighted by Gasteiger charge is 2.16. The highest BCUT2D eigenvalue weighted by atomic mass is 16.6. The third kappa shape index (κ3) is 61.3. The normalized spacial score (nSPS) is 13.7. The molecule has 422 valence electrons. The van der Waals surface area contributed by atoms with Crippen LogP contribution in [-0.4, -0.2) is 36.4 Å². The first-order valence-electron chi connectivity index (χ1n) is 30.0. The molecule has 0 aromatic rings. The van der Waals surface area contributed by atoms with E-state index in [4.69, 9.17) is 9.47 Å². The maximum atomic E-state index is 12.3. The van der Waals surface area contributed by atoms with E-state index >= 15 is 0 Å². The molecule has 0 saturated carbocycles. The van der Waals surface area contributed by atoms with Crippen molar-refractivity contribution in [3.63, 3.8) is 0 Å². The SMILES string of the molecule is CC/C=C\C/C=C\C/C=C\C/C=C\C/C=C\C/C=C\C/C=C\C/C=C\C/C=C\C/C=C\C/C=C\CCCCCCCC(=O)OC(CO)COC(=O)CCCCCCCCC/C=C\C/C=C\C/C=C\C/C=C\C/C=C\CC. The molecule has 5 nitrogen and oxygen atoms in total. The van der Waals surface area contributed by atoms with Crippen LogP contribution in [0.15, 0.2) is 194 Å². The van der Waals surface area contributed by atoms with Gasteiger partial charge in [0.2, 0.25) is 0 Å². The summed E-state index contributed by atoms with van der Waals surface area (Å²) in [4.78, 5) is 24.5. The van der Waals surface area contributed by atoms with E-state index < -0.39 is 6.10 Å². The first-order chi connectivity index (χ1) is 37.6. The van der Waals surface area contributed by atoms with Gasteiger partial charge in [-0.1, -0.05) is 260 Å². The molecule has 76 heavy (non-hydrogen) atoms. The van der Waals surface area contributed by atoms with E-state index in [1.165, 1.54) is 25.7 Å². The second-order valence-electron chi connectivity index (χ2n) is 19.0. The van der Waals surface area contributed by atoms with E-state index in [0.717, 1.165) is 167 Å². The van der Waals surface area contributed by atoms with Crippen LogP contribution in [0.5, 0.6) is 0 Å². The fraction of sp³-hybridized carbons (Fsp3) is 0.521. The summed E-state index contributed by atoms with van der Waals surface area (Å²) in [6.07, 6.45) is 103. The highest BCUT2D eigenvalue weighted by Crippen LogP contribution is 2.13. The number of rotatable bonds is 52. The summed E-state index contributed by atoms with van der Waals surface area (Å²) in [5.41, 5.74) is 0. The summed E-state index contributed by atoms with van der Waals surface area (Å²) in [7, 11) is 0. The van der Waals surface area contributed by atoms with Gasteiger partial charge < -0.3 is 14.6 Å². The molecule has 0 aliphatic rings. The van der Waals surface area contributed by atoms with Gasteiger partial charge in [0.1, 0.15) is 6.61 Å². The molecule has 0 amide bonds. The number of esters is 2. The topological polar surface area (TPSA) is 72.8 Å². The second-order valence-corrected chi connectivity index (χ2v) is 19.0. The third-order valence-corrected chi connectivity index (χ3v) is 11.9. The van der Waals surface area contributed by atoms with Gasteiger partial charge in [-0.05, 0) is 141 Å². The molecular weight excluding hydrogens is 933 g/mol. The van der Waals surface area contributed by atoms with Gasteiger partial charge in [0.15, 0.2) is 6.10 Å². The average molecular weight is 1040 g/mol. The van der Waals surface area contributed by atoms with E-state index in [9.17, 15) is 14.7 Å². The summed E-state index contributed by atoms with van der Waals surface area (Å²) < 4.78 is 10.7. The summed E-state index contributed by atoms with van der Waals surface area (Å²) in [5.74, 6) is -0.641. The number of carbonyl (C=O) groups excluding carboxylic acids is 2. The highest BCUT2D eigenvalue weighted by molar-refractivity contribution is 5.70. The number of carbonyl (C=O) groups is 2. The predicted molar refractivity (Wildman–Crippen MR) is 333 cm³/mol. The van der Waals surface area contributed by atoms with Gasteiger partial charge in [-0.3, -0.25) is 9.59 Å². The predicted octanol–water partition coefficient (Wildman–Crippen LogP) is 20.9. The number of hydrogen-bond acceptors (Lipinski definition) is 5. The lowest BCUT2D eigenvalue weighted by atomic mass is 10.1. The van der Waals surface area contributed by atoms with Crippen LogP contribution in [-0.2, 0) is 19.1 Å². The van der Waals surface area contributed by atoms with Gasteiger partial charge in [-0.15, -0.1) is 0 Å². The lowest BCUT2D eigenvalue weighted by Crippen LogP contribution is -2.28. The Labute approximate surface area is 467 Å². The molecule has 0 heterocycles. The molecule has 0 bridgehead atoms. The minimum Gasteiger partial charge on any atom is -0.462 e. The van der Waals surface area contributed by atoms with Gasteiger partial charge in [-0.2, -0.15) is 0 Å². The van der Waals surface area contributed by atoms with E-state index in [0.29, 0.717) is 12.8 Å². The van der Waals surface area contributed by atoms with Crippen molar-refractivity contribution in [2.75, 3.05) is 13.2 Å². The average Bonchev–Trinajstić information content (AvgIpc) is 3.42. The summed E-state index contributed by atoms with van der Waals surface area (Å²) in [5, 5.41) is 9.66. The lowest BCUT2D eigenvalue weighted by molar-refractivity contribution is -0.161. The van der Waals surface area contributed by atoms with Crippen molar-refractivity contribution in [3.05, 3.63) is 194 Å². The Morgan fingerprint density at radius 2 is 0.526 bits per heavy atom. The minimum atomic E-state index is -0.804. The molecule has 0 saturated heterocycles. The van der Waals surface area contributed by atoms with Gasteiger partial charge in [0.05, 0.1) is 6.61 Å². The molecule has 0 aliphatic heterocycles. The standard InChI is InChI=1S/C71H108O5/c1-3-5-7-9-11-13-15-17-19-21-23-25-27-28-29-30-31-32-33-34-35-36-37-38-39-40-41-42-44-46-48-50-52-54-56-58-60-62-64-66-71(74)76-69(67-72)68-75-70(73)65-63-61-59-57-55-53-51-49-47-45-43-26-24-22-20-18-16-14-12-10-8-6-4-2/h5-8,11-14,17-20,23-26,28-29,31-32,34-35,37-38,40-41,44-47,50,52,69,72H,3-4,9-10,15-16,21-22,27,30,33,36,39,42-43,48-49,51,53-68H2,1-2H3/b7-5-,8-6-,13-11-,14-12-,19-17-,20-18-,25-23-,26-24-,29-28-,32-31-,35-34-,38-37-,41-40-,46-44-,47-45-,52-50-. The number of hydrogen-bond donors (Lipinski definition) is 1. The molecular formula is C71H108O5. The zero-order valence-corrected chi connectivity index (χ0v) is 48.2. The van der Waals surface area contributed by atoms with Gasteiger partial charge in [-0.25, -0.2) is 0 Å². The molecule has 0 rings (SSSR count). The van der Waals surface area contributed by atoms with Crippen molar-refractivity contribution >= 4 is 11.9 Å². The number of unbranched alkanes of at least 4 members (excludes halogenated alkanes) is 12. The Kier molecular flexibility index (Phi) is 59.6. The molecule has 0 fully saturated rings. The molecule has 0 spiro atoms. The van der Waals surface area contributed by atoms with E-state index in [1.807, 2.05) is 0 Å². The van der Waals surface area contributed by atoms with Crippen LogP contribution in [0, 0.1) is 0 Å². The Morgan fingerprint density at radius 1 is 0.303 bits per heavy atom. The summed E-state index contributed by atoms with van der Waals surface area (Å²) >= 11 is 0. The van der Waals surface area contributed by atoms with Crippen molar-refractivity contribution in [2.24, 2.45) is 0 Å². The molecule has 0 radical (unpaired) electrons. The van der Waals surface area contributed by atoms with Gasteiger partial charge in [0, 0.05) is 12.8 Å². The molecule has 1 atom stereocenters. The maximum absolute atomic E-state index is 12.3. The number of ether oxygens (including phenoxy) is 2. The van der Waals surface area contributed by atoms with Crippen molar-refractivity contribution in [2.45, 2.75) is 225 Å². The van der Waals surface area contributed by atoms with E-state index in [-0.39, 0.29) is 25.2 Å². The summed E-state index contributed by atoms with van der Waals surface area (Å²) in [6.45, 7) is 3.87. The van der Waals surface area contributed by atoms with Crippen LogP contribution < -0.4 is 0 Å². The van der Waals surface area contributed by atoms with Crippen molar-refractivity contribution in [1.29, 1.82) is 0 Å². The van der Waals surface area contributed by atoms with Crippen LogP contribution in [0.4, 0.5) is 0 Å². The first-order valence-corrected chi connectivity index (χ1v) is 30.0. The van der Waals surface area contributed by atoms with Crippen molar-refractivity contribution in [1.82, 2.24) is 0 Å². The smallest absolute Gasteiger partial charge is 0.306 e. The lowest BCUT2D eigenvalue weighted by Gasteiger charge is -2.15. The molecule has 0 aliphatic carbocycles. The Hall–Kier alpha value is -5.26. The monoisotopic (exact) mass is 1040 g/mol.